The third-order valence-corrected chi connectivity index (χ3v) is 7.08. The zero-order valence-electron chi connectivity index (χ0n) is 16.8. The quantitative estimate of drug-likeness (QED) is 0.741. The molecule has 150 valence electrons. The van der Waals surface area contributed by atoms with Crippen molar-refractivity contribution < 1.29 is 4.79 Å². The number of fused-ring (bicyclic) bond motifs is 1. The van der Waals surface area contributed by atoms with Gasteiger partial charge in [-0.1, -0.05) is 30.3 Å². The molecule has 1 aromatic heterocycles. The summed E-state index contributed by atoms with van der Waals surface area (Å²) in [5, 5.41) is 3.08. The average molecular weight is 398 g/mol. The lowest BCUT2D eigenvalue weighted by Gasteiger charge is -2.47. The number of hydrogen-bond acceptors (Lipinski definition) is 4. The zero-order valence-corrected chi connectivity index (χ0v) is 17.7. The van der Waals surface area contributed by atoms with Crippen LogP contribution < -0.4 is 0 Å². The van der Waals surface area contributed by atoms with Gasteiger partial charge in [0.2, 0.25) is 5.91 Å². The highest BCUT2D eigenvalue weighted by atomic mass is 32.1. The number of benzene rings is 1. The predicted molar refractivity (Wildman–Crippen MR) is 115 cm³/mol. The Labute approximate surface area is 172 Å². The van der Waals surface area contributed by atoms with Crippen LogP contribution in [-0.4, -0.2) is 52.9 Å². The summed E-state index contributed by atoms with van der Waals surface area (Å²) in [6, 6.07) is 11.2. The molecular formula is C23H31N3OS. The number of amides is 1. The summed E-state index contributed by atoms with van der Waals surface area (Å²) in [5.74, 6) is 0.915. The lowest BCUT2D eigenvalue weighted by Crippen LogP contribution is -2.56. The van der Waals surface area contributed by atoms with Gasteiger partial charge in [0.15, 0.2) is 0 Å². The highest BCUT2D eigenvalue weighted by Gasteiger charge is 2.37. The summed E-state index contributed by atoms with van der Waals surface area (Å²) in [5.41, 5.74) is 2.37. The van der Waals surface area contributed by atoms with Gasteiger partial charge in [0.1, 0.15) is 0 Å². The van der Waals surface area contributed by atoms with E-state index in [0.29, 0.717) is 18.4 Å². The summed E-state index contributed by atoms with van der Waals surface area (Å²) in [6.45, 7) is 6.37. The highest BCUT2D eigenvalue weighted by Crippen LogP contribution is 2.31. The fourth-order valence-corrected chi connectivity index (χ4v) is 5.50. The van der Waals surface area contributed by atoms with Crippen molar-refractivity contribution in [3.05, 3.63) is 52.0 Å². The average Bonchev–Trinajstić information content (AvgIpc) is 3.12. The predicted octanol–water partition coefficient (Wildman–Crippen LogP) is 3.94. The molecule has 0 radical (unpaired) electrons. The molecule has 2 aliphatic rings. The van der Waals surface area contributed by atoms with E-state index in [1.54, 1.807) is 11.3 Å². The van der Waals surface area contributed by atoms with E-state index >= 15 is 0 Å². The first-order valence-corrected chi connectivity index (χ1v) is 11.5. The van der Waals surface area contributed by atoms with E-state index in [0.717, 1.165) is 49.6 Å². The number of rotatable bonds is 6. The van der Waals surface area contributed by atoms with Crippen molar-refractivity contribution >= 4 is 17.2 Å². The molecule has 0 bridgehead atoms. The molecular weight excluding hydrogens is 366 g/mol. The molecule has 1 amide bonds. The molecule has 2 saturated heterocycles. The number of aryl methyl sites for hydroxylation is 2. The van der Waals surface area contributed by atoms with Gasteiger partial charge in [0.05, 0.1) is 17.1 Å². The smallest absolute Gasteiger partial charge is 0.228 e. The van der Waals surface area contributed by atoms with Gasteiger partial charge in [-0.3, -0.25) is 4.79 Å². The summed E-state index contributed by atoms with van der Waals surface area (Å²) < 4.78 is 0. The second-order valence-electron chi connectivity index (χ2n) is 8.27. The molecule has 1 aromatic carbocycles. The first kappa shape index (κ1) is 19.6. The van der Waals surface area contributed by atoms with Gasteiger partial charge in [0, 0.05) is 31.1 Å². The first-order chi connectivity index (χ1) is 13.7. The molecule has 0 saturated carbocycles. The lowest BCUT2D eigenvalue weighted by atomic mass is 9.83. The van der Waals surface area contributed by atoms with E-state index in [9.17, 15) is 4.79 Å². The maximum atomic E-state index is 12.9. The molecule has 3 heterocycles. The fraction of sp³-hybridized carbons (Fsp3) is 0.565. The van der Waals surface area contributed by atoms with Crippen LogP contribution >= 0.6 is 11.3 Å². The Morgan fingerprint density at radius 3 is 2.86 bits per heavy atom. The molecule has 0 N–H and O–H groups in total. The Morgan fingerprint density at radius 1 is 1.21 bits per heavy atom. The number of piperidine rings is 2. The van der Waals surface area contributed by atoms with Crippen molar-refractivity contribution in [2.24, 2.45) is 5.92 Å². The third-order valence-electron chi connectivity index (χ3n) is 6.25. The van der Waals surface area contributed by atoms with Gasteiger partial charge in [-0.15, -0.1) is 11.3 Å². The van der Waals surface area contributed by atoms with Crippen molar-refractivity contribution in [1.82, 2.24) is 14.8 Å². The molecule has 2 aromatic rings. The van der Waals surface area contributed by atoms with Crippen LogP contribution in [0.5, 0.6) is 0 Å². The number of carbonyl (C=O) groups excluding carboxylic acids is 1. The Hall–Kier alpha value is -1.72. The molecule has 4 rings (SSSR count). The van der Waals surface area contributed by atoms with Crippen molar-refractivity contribution in [1.29, 1.82) is 0 Å². The van der Waals surface area contributed by atoms with E-state index < -0.39 is 0 Å². The standard InChI is InChI=1S/C23H31N3OS/c1-18-24-21(17-28-18)15-23(27)26-13-6-10-20-16-25(14-11-22(20)26)12-5-9-19-7-3-2-4-8-19/h2-4,7-8,17,20,22H,5-6,9-16H2,1H3/t20-,22+/m1/s1. The van der Waals surface area contributed by atoms with Crippen molar-refractivity contribution in [3.63, 3.8) is 0 Å². The largest absolute Gasteiger partial charge is 0.339 e. The number of carbonyl (C=O) groups is 1. The van der Waals surface area contributed by atoms with E-state index in [-0.39, 0.29) is 5.91 Å². The van der Waals surface area contributed by atoms with Crippen LogP contribution in [0.1, 0.15) is 41.9 Å². The molecule has 28 heavy (non-hydrogen) atoms. The van der Waals surface area contributed by atoms with Crippen molar-refractivity contribution in [2.75, 3.05) is 26.2 Å². The molecule has 4 nitrogen and oxygen atoms in total. The minimum Gasteiger partial charge on any atom is -0.339 e. The minimum absolute atomic E-state index is 0.275. The molecule has 2 fully saturated rings. The summed E-state index contributed by atoms with van der Waals surface area (Å²) >= 11 is 1.63. The van der Waals surface area contributed by atoms with Crippen LogP contribution in [0.4, 0.5) is 0 Å². The van der Waals surface area contributed by atoms with Gasteiger partial charge in [-0.2, -0.15) is 0 Å². The van der Waals surface area contributed by atoms with Crippen molar-refractivity contribution in [2.45, 2.75) is 51.5 Å². The molecule has 2 aliphatic heterocycles. The molecule has 0 spiro atoms. The molecule has 0 aliphatic carbocycles. The normalized spacial score (nSPS) is 22.8. The van der Waals surface area contributed by atoms with Crippen LogP contribution in [0, 0.1) is 12.8 Å². The van der Waals surface area contributed by atoms with Crippen LogP contribution in [0.2, 0.25) is 0 Å². The van der Waals surface area contributed by atoms with Gasteiger partial charge in [-0.25, -0.2) is 4.98 Å². The number of likely N-dealkylation sites (tertiary alicyclic amines) is 2. The first-order valence-electron chi connectivity index (χ1n) is 10.7. The third kappa shape index (κ3) is 4.81. The Bertz CT molecular complexity index is 775. The Morgan fingerprint density at radius 2 is 2.07 bits per heavy atom. The van der Waals surface area contributed by atoms with Gasteiger partial charge in [0.25, 0.3) is 0 Å². The van der Waals surface area contributed by atoms with E-state index in [4.69, 9.17) is 0 Å². The summed E-state index contributed by atoms with van der Waals surface area (Å²) in [7, 11) is 0. The van der Waals surface area contributed by atoms with Gasteiger partial charge < -0.3 is 9.80 Å². The Balaban J connectivity index is 1.28. The minimum atomic E-state index is 0.275. The highest BCUT2D eigenvalue weighted by molar-refractivity contribution is 7.09. The zero-order chi connectivity index (χ0) is 19.3. The van der Waals surface area contributed by atoms with Crippen LogP contribution in [0.15, 0.2) is 35.7 Å². The van der Waals surface area contributed by atoms with Gasteiger partial charge in [-0.05, 0) is 57.1 Å². The second-order valence-corrected chi connectivity index (χ2v) is 9.33. The maximum Gasteiger partial charge on any atom is 0.228 e. The maximum absolute atomic E-state index is 12.9. The van der Waals surface area contributed by atoms with Crippen molar-refractivity contribution in [3.8, 4) is 0 Å². The summed E-state index contributed by atoms with van der Waals surface area (Å²) in [4.78, 5) is 22.2. The number of nitrogens with zero attached hydrogens (tertiary/aromatic N) is 3. The molecule has 0 unspecified atom stereocenters. The van der Waals surface area contributed by atoms with Gasteiger partial charge >= 0.3 is 0 Å². The number of hydrogen-bond donors (Lipinski definition) is 0. The number of aromatic nitrogens is 1. The monoisotopic (exact) mass is 397 g/mol. The lowest BCUT2D eigenvalue weighted by molar-refractivity contribution is -0.137. The van der Waals surface area contributed by atoms with E-state index in [2.05, 4.69) is 45.1 Å². The van der Waals surface area contributed by atoms with Crippen LogP contribution in [-0.2, 0) is 17.6 Å². The van der Waals surface area contributed by atoms with E-state index in [1.807, 2.05) is 12.3 Å². The second kappa shape index (κ2) is 9.19. The SMILES string of the molecule is Cc1nc(CC(=O)N2CCC[C@@H]3CN(CCCc4ccccc4)CC[C@@H]32)cs1. The molecule has 5 heteroatoms. The van der Waals surface area contributed by atoms with E-state index in [1.165, 1.54) is 24.9 Å². The van der Waals surface area contributed by atoms with Crippen LogP contribution in [0.3, 0.4) is 0 Å². The number of thiazole rings is 1. The fourth-order valence-electron chi connectivity index (χ4n) is 4.89. The topological polar surface area (TPSA) is 36.4 Å². The Kier molecular flexibility index (Phi) is 6.43. The molecule has 2 atom stereocenters. The summed E-state index contributed by atoms with van der Waals surface area (Å²) in [6.07, 6.45) is 6.36. The van der Waals surface area contributed by atoms with Crippen LogP contribution in [0.25, 0.3) is 0 Å².